The first-order chi connectivity index (χ1) is 8.43. The van der Waals surface area contributed by atoms with Gasteiger partial charge < -0.3 is 0 Å². The number of nitrogens with zero attached hydrogens (tertiary/aromatic N) is 4. The average Bonchev–Trinajstić information content (AvgIpc) is 2.90. The molecule has 1 aromatic carbocycles. The Morgan fingerprint density at radius 1 is 0.882 bits per heavy atom. The Balaban J connectivity index is 1.91. The molecule has 0 amide bonds. The quantitative estimate of drug-likeness (QED) is 0.770. The maximum atomic E-state index is 4.45. The lowest BCUT2D eigenvalue weighted by Crippen LogP contribution is -1.95. The monoisotopic (exact) mass is 222 g/mol. The topological polar surface area (TPSA) is 50.0 Å². The Bertz CT molecular complexity index is 560. The number of hydrogen-bond acceptors (Lipinski definition) is 4. The number of pyridine rings is 1. The van der Waals surface area contributed by atoms with E-state index >= 15 is 0 Å². The third-order valence-corrected chi connectivity index (χ3v) is 2.49. The Hall–Kier alpha value is -2.36. The molecule has 1 aromatic heterocycles. The summed E-state index contributed by atoms with van der Waals surface area (Å²) in [6.45, 7) is 0. The fourth-order valence-electron chi connectivity index (χ4n) is 1.65. The van der Waals surface area contributed by atoms with Gasteiger partial charge in [-0.3, -0.25) is 4.98 Å². The summed E-state index contributed by atoms with van der Waals surface area (Å²) in [5, 5.41) is 8.22. The van der Waals surface area contributed by atoms with Crippen LogP contribution in [0.4, 0.5) is 0 Å². The molecule has 2 heterocycles. The predicted molar refractivity (Wildman–Crippen MR) is 64.8 cm³/mol. The van der Waals surface area contributed by atoms with Gasteiger partial charge in [0.15, 0.2) is 5.84 Å². The van der Waals surface area contributed by atoms with Crippen molar-refractivity contribution in [2.45, 2.75) is 6.17 Å². The molecular weight excluding hydrogens is 212 g/mol. The summed E-state index contributed by atoms with van der Waals surface area (Å²) in [6.07, 6.45) is 1.44. The molecule has 1 aliphatic rings. The van der Waals surface area contributed by atoms with Gasteiger partial charge in [-0.25, -0.2) is 4.99 Å². The minimum atomic E-state index is -0.300. The van der Waals surface area contributed by atoms with Crippen LogP contribution in [0.25, 0.3) is 0 Å². The summed E-state index contributed by atoms with van der Waals surface area (Å²) >= 11 is 0. The third kappa shape index (κ3) is 1.97. The number of azo groups is 1. The summed E-state index contributed by atoms with van der Waals surface area (Å²) in [5.74, 6) is 0.668. The van der Waals surface area contributed by atoms with Crippen molar-refractivity contribution < 1.29 is 0 Å². The largest absolute Gasteiger partial charge is 0.257 e. The highest BCUT2D eigenvalue weighted by atomic mass is 15.3. The Morgan fingerprint density at radius 3 is 2.47 bits per heavy atom. The van der Waals surface area contributed by atoms with Gasteiger partial charge in [0.2, 0.25) is 6.17 Å². The highest BCUT2D eigenvalue weighted by molar-refractivity contribution is 5.99. The van der Waals surface area contributed by atoms with Crippen LogP contribution in [-0.4, -0.2) is 10.8 Å². The summed E-state index contributed by atoms with van der Waals surface area (Å²) < 4.78 is 0. The SMILES string of the molecule is c1ccc(C2=NC(c3ccccn3)N=N2)cc1. The molecule has 17 heavy (non-hydrogen) atoms. The first kappa shape index (κ1) is 9.84. The van der Waals surface area contributed by atoms with Gasteiger partial charge in [0.25, 0.3) is 0 Å². The Morgan fingerprint density at radius 2 is 1.71 bits per heavy atom. The number of benzene rings is 1. The molecule has 3 rings (SSSR count). The van der Waals surface area contributed by atoms with E-state index in [-0.39, 0.29) is 6.17 Å². The standard InChI is InChI=1S/C13H10N4/c1-2-6-10(7-3-1)12-15-13(17-16-12)11-8-4-5-9-14-11/h1-9,13H. The molecule has 0 aliphatic carbocycles. The molecule has 4 heteroatoms. The maximum absolute atomic E-state index is 4.45. The fraction of sp³-hybridized carbons (Fsp3) is 0.0769. The summed E-state index contributed by atoms with van der Waals surface area (Å²) in [6, 6.07) is 15.5. The second-order valence-electron chi connectivity index (χ2n) is 3.66. The van der Waals surface area contributed by atoms with Gasteiger partial charge in [0, 0.05) is 11.8 Å². The molecule has 1 aliphatic heterocycles. The normalized spacial score (nSPS) is 18.1. The van der Waals surface area contributed by atoms with Crippen LogP contribution in [-0.2, 0) is 0 Å². The van der Waals surface area contributed by atoms with Crippen molar-refractivity contribution in [1.82, 2.24) is 4.98 Å². The first-order valence-electron chi connectivity index (χ1n) is 5.38. The van der Waals surface area contributed by atoms with E-state index in [1.807, 2.05) is 48.5 Å². The van der Waals surface area contributed by atoms with E-state index in [9.17, 15) is 0 Å². The second kappa shape index (κ2) is 4.25. The van der Waals surface area contributed by atoms with E-state index in [1.54, 1.807) is 6.20 Å². The zero-order valence-electron chi connectivity index (χ0n) is 9.06. The second-order valence-corrected chi connectivity index (χ2v) is 3.66. The van der Waals surface area contributed by atoms with Crippen LogP contribution < -0.4 is 0 Å². The highest BCUT2D eigenvalue weighted by Crippen LogP contribution is 2.23. The van der Waals surface area contributed by atoms with E-state index in [1.165, 1.54) is 0 Å². The van der Waals surface area contributed by atoms with Crippen LogP contribution in [0.5, 0.6) is 0 Å². The third-order valence-electron chi connectivity index (χ3n) is 2.49. The summed E-state index contributed by atoms with van der Waals surface area (Å²) in [4.78, 5) is 8.68. The molecule has 2 aromatic rings. The van der Waals surface area contributed by atoms with E-state index in [0.717, 1.165) is 11.3 Å². The van der Waals surface area contributed by atoms with Gasteiger partial charge in [0.05, 0.1) is 5.69 Å². The molecule has 0 bridgehead atoms. The van der Waals surface area contributed by atoms with Crippen molar-refractivity contribution >= 4 is 5.84 Å². The zero-order chi connectivity index (χ0) is 11.5. The van der Waals surface area contributed by atoms with Crippen molar-refractivity contribution in [3.63, 3.8) is 0 Å². The minimum absolute atomic E-state index is 0.300. The fourth-order valence-corrected chi connectivity index (χ4v) is 1.65. The molecule has 1 atom stereocenters. The lowest BCUT2D eigenvalue weighted by molar-refractivity contribution is 0.741. The Kier molecular flexibility index (Phi) is 2.46. The van der Waals surface area contributed by atoms with Crippen LogP contribution in [0.15, 0.2) is 69.9 Å². The zero-order valence-corrected chi connectivity index (χ0v) is 9.06. The van der Waals surface area contributed by atoms with Crippen LogP contribution in [0, 0.1) is 0 Å². The van der Waals surface area contributed by atoms with Crippen LogP contribution in [0.3, 0.4) is 0 Å². The molecule has 0 spiro atoms. The van der Waals surface area contributed by atoms with Crippen LogP contribution in [0.1, 0.15) is 17.4 Å². The highest BCUT2D eigenvalue weighted by Gasteiger charge is 2.17. The van der Waals surface area contributed by atoms with Gasteiger partial charge in [0.1, 0.15) is 0 Å². The van der Waals surface area contributed by atoms with Gasteiger partial charge >= 0.3 is 0 Å². The number of aromatic nitrogens is 1. The number of aliphatic imine (C=N–C) groups is 1. The van der Waals surface area contributed by atoms with Gasteiger partial charge in [-0.05, 0) is 12.1 Å². The number of amidine groups is 1. The predicted octanol–water partition coefficient (Wildman–Crippen LogP) is 2.99. The van der Waals surface area contributed by atoms with Gasteiger partial charge in [-0.1, -0.05) is 36.4 Å². The molecular formula is C13H10N4. The molecule has 82 valence electrons. The number of hydrogen-bond donors (Lipinski definition) is 0. The van der Waals surface area contributed by atoms with E-state index < -0.39 is 0 Å². The number of rotatable bonds is 2. The Labute approximate surface area is 98.8 Å². The molecule has 0 radical (unpaired) electrons. The van der Waals surface area contributed by atoms with Gasteiger partial charge in [-0.2, -0.15) is 5.11 Å². The lowest BCUT2D eigenvalue weighted by Gasteiger charge is -2.00. The molecule has 0 saturated heterocycles. The lowest BCUT2D eigenvalue weighted by atomic mass is 10.2. The van der Waals surface area contributed by atoms with Crippen molar-refractivity contribution in [2.75, 3.05) is 0 Å². The molecule has 4 nitrogen and oxygen atoms in total. The van der Waals surface area contributed by atoms with Crippen LogP contribution >= 0.6 is 0 Å². The van der Waals surface area contributed by atoms with Crippen molar-refractivity contribution in [2.24, 2.45) is 15.2 Å². The maximum Gasteiger partial charge on any atom is 0.205 e. The molecule has 0 fully saturated rings. The minimum Gasteiger partial charge on any atom is -0.257 e. The van der Waals surface area contributed by atoms with Crippen LogP contribution in [0.2, 0.25) is 0 Å². The molecule has 1 unspecified atom stereocenters. The van der Waals surface area contributed by atoms with Crippen molar-refractivity contribution in [3.05, 3.63) is 66.0 Å². The summed E-state index contributed by atoms with van der Waals surface area (Å²) in [5.41, 5.74) is 1.80. The summed E-state index contributed by atoms with van der Waals surface area (Å²) in [7, 11) is 0. The first-order valence-corrected chi connectivity index (χ1v) is 5.38. The van der Waals surface area contributed by atoms with E-state index in [2.05, 4.69) is 20.2 Å². The van der Waals surface area contributed by atoms with Gasteiger partial charge in [-0.15, -0.1) is 5.11 Å². The smallest absolute Gasteiger partial charge is 0.205 e. The van der Waals surface area contributed by atoms with E-state index in [0.29, 0.717) is 5.84 Å². The van der Waals surface area contributed by atoms with Crippen molar-refractivity contribution in [1.29, 1.82) is 0 Å². The van der Waals surface area contributed by atoms with E-state index in [4.69, 9.17) is 0 Å². The molecule has 0 N–H and O–H groups in total. The van der Waals surface area contributed by atoms with Crippen molar-refractivity contribution in [3.8, 4) is 0 Å². The molecule has 0 saturated carbocycles. The average molecular weight is 222 g/mol.